The van der Waals surface area contributed by atoms with E-state index in [1.807, 2.05) is 6.07 Å². The largest absolute Gasteiger partial charge is 0.345 e. The zero-order chi connectivity index (χ0) is 11.3. The van der Waals surface area contributed by atoms with Gasteiger partial charge in [0, 0.05) is 22.0 Å². The zero-order valence-corrected chi connectivity index (χ0v) is 10.4. The molecule has 0 radical (unpaired) electrons. The maximum atomic E-state index is 10.6. The molecule has 0 fully saturated rings. The first-order chi connectivity index (χ1) is 7.08. The van der Waals surface area contributed by atoms with E-state index in [1.165, 1.54) is 6.92 Å². The molecule has 0 saturated heterocycles. The van der Waals surface area contributed by atoms with Gasteiger partial charge in [-0.1, -0.05) is 39.4 Å². The lowest BCUT2D eigenvalue weighted by Crippen LogP contribution is -2.19. The Labute approximate surface area is 102 Å². The fourth-order valence-corrected chi connectivity index (χ4v) is 1.80. The highest BCUT2D eigenvalue weighted by Crippen LogP contribution is 2.18. The first-order valence-electron chi connectivity index (χ1n) is 4.27. The lowest BCUT2D eigenvalue weighted by Gasteiger charge is -1.95. The van der Waals surface area contributed by atoms with Crippen LogP contribution in [0.2, 0.25) is 5.02 Å². The standard InChI is InChI=1S/C11H9BrClNO/c1-8(15)14-4-2-3-9-5-10(12)7-11(13)6-9/h5-7H,4H2,1H3,(H,14,15). The fourth-order valence-electron chi connectivity index (χ4n) is 0.941. The van der Waals surface area contributed by atoms with E-state index in [9.17, 15) is 4.79 Å². The quantitative estimate of drug-likeness (QED) is 0.790. The summed E-state index contributed by atoms with van der Waals surface area (Å²) in [6.07, 6.45) is 0. The second-order valence-corrected chi connectivity index (χ2v) is 4.22. The number of amides is 1. The topological polar surface area (TPSA) is 29.1 Å². The van der Waals surface area contributed by atoms with Crippen molar-refractivity contribution in [1.29, 1.82) is 0 Å². The third kappa shape index (κ3) is 4.87. The smallest absolute Gasteiger partial charge is 0.217 e. The number of carbonyl (C=O) groups excluding carboxylic acids is 1. The number of benzene rings is 1. The van der Waals surface area contributed by atoms with Crippen LogP contribution in [0.3, 0.4) is 0 Å². The molecule has 78 valence electrons. The van der Waals surface area contributed by atoms with E-state index in [1.54, 1.807) is 12.1 Å². The molecule has 0 aliphatic carbocycles. The van der Waals surface area contributed by atoms with Crippen molar-refractivity contribution in [3.63, 3.8) is 0 Å². The Morgan fingerprint density at radius 1 is 1.53 bits per heavy atom. The summed E-state index contributed by atoms with van der Waals surface area (Å²) in [7, 11) is 0. The number of halogens is 2. The molecule has 0 atom stereocenters. The molecule has 0 aromatic heterocycles. The van der Waals surface area contributed by atoms with Crippen LogP contribution in [0.1, 0.15) is 12.5 Å². The van der Waals surface area contributed by atoms with Crippen LogP contribution in [0.4, 0.5) is 0 Å². The average molecular weight is 287 g/mol. The van der Waals surface area contributed by atoms with Gasteiger partial charge in [-0.05, 0) is 18.2 Å². The third-order valence-corrected chi connectivity index (χ3v) is 2.20. The van der Waals surface area contributed by atoms with E-state index < -0.39 is 0 Å². The highest BCUT2D eigenvalue weighted by molar-refractivity contribution is 9.10. The van der Waals surface area contributed by atoms with E-state index in [0.717, 1.165) is 10.0 Å². The molecule has 0 spiro atoms. The molecule has 15 heavy (non-hydrogen) atoms. The van der Waals surface area contributed by atoms with Crippen molar-refractivity contribution in [3.8, 4) is 11.8 Å². The van der Waals surface area contributed by atoms with E-state index >= 15 is 0 Å². The summed E-state index contributed by atoms with van der Waals surface area (Å²) in [4.78, 5) is 10.6. The Morgan fingerprint density at radius 2 is 2.27 bits per heavy atom. The van der Waals surface area contributed by atoms with E-state index in [2.05, 4.69) is 33.1 Å². The summed E-state index contributed by atoms with van der Waals surface area (Å²) >= 11 is 9.17. The van der Waals surface area contributed by atoms with Crippen molar-refractivity contribution in [3.05, 3.63) is 33.3 Å². The van der Waals surface area contributed by atoms with Crippen molar-refractivity contribution in [1.82, 2.24) is 5.32 Å². The molecular formula is C11H9BrClNO. The Bertz CT molecular complexity index is 414. The minimum atomic E-state index is -0.0865. The molecule has 1 aromatic rings. The Kier molecular flexibility index (Phi) is 4.67. The summed E-state index contributed by atoms with van der Waals surface area (Å²) < 4.78 is 0.888. The van der Waals surface area contributed by atoms with Gasteiger partial charge in [-0.15, -0.1) is 0 Å². The first kappa shape index (κ1) is 12.1. The predicted octanol–water partition coefficient (Wildman–Crippen LogP) is 2.59. The Morgan fingerprint density at radius 3 is 2.87 bits per heavy atom. The maximum Gasteiger partial charge on any atom is 0.217 e. The Hall–Kier alpha value is -0.980. The minimum Gasteiger partial charge on any atom is -0.345 e. The average Bonchev–Trinajstić information content (AvgIpc) is 2.10. The van der Waals surface area contributed by atoms with E-state index in [4.69, 9.17) is 11.6 Å². The number of carbonyl (C=O) groups is 1. The van der Waals surface area contributed by atoms with Gasteiger partial charge in [0.15, 0.2) is 0 Å². The van der Waals surface area contributed by atoms with Crippen LogP contribution in [-0.4, -0.2) is 12.5 Å². The van der Waals surface area contributed by atoms with Crippen molar-refractivity contribution in [2.24, 2.45) is 0 Å². The highest BCUT2D eigenvalue weighted by atomic mass is 79.9. The van der Waals surface area contributed by atoms with Crippen LogP contribution in [0.25, 0.3) is 0 Å². The molecule has 4 heteroatoms. The summed E-state index contributed by atoms with van der Waals surface area (Å²) in [5.74, 6) is 5.64. The SMILES string of the molecule is CC(=O)NCC#Cc1cc(Cl)cc(Br)c1. The van der Waals surface area contributed by atoms with Crippen molar-refractivity contribution in [2.75, 3.05) is 6.54 Å². The summed E-state index contributed by atoms with van der Waals surface area (Å²) in [5, 5.41) is 3.22. The van der Waals surface area contributed by atoms with Crippen LogP contribution >= 0.6 is 27.5 Å². The molecule has 0 bridgehead atoms. The van der Waals surface area contributed by atoms with E-state index in [-0.39, 0.29) is 5.91 Å². The molecule has 0 unspecified atom stereocenters. The van der Waals surface area contributed by atoms with Crippen LogP contribution in [0.5, 0.6) is 0 Å². The van der Waals surface area contributed by atoms with E-state index in [0.29, 0.717) is 11.6 Å². The normalized spacial score (nSPS) is 9.00. The van der Waals surface area contributed by atoms with Crippen LogP contribution < -0.4 is 5.32 Å². The van der Waals surface area contributed by atoms with Crippen molar-refractivity contribution >= 4 is 33.4 Å². The molecule has 1 rings (SSSR count). The molecule has 0 heterocycles. The van der Waals surface area contributed by atoms with Crippen LogP contribution in [0, 0.1) is 11.8 Å². The summed E-state index contributed by atoms with van der Waals surface area (Å²) in [6.45, 7) is 1.80. The van der Waals surface area contributed by atoms with Crippen molar-refractivity contribution in [2.45, 2.75) is 6.92 Å². The predicted molar refractivity (Wildman–Crippen MR) is 64.7 cm³/mol. The second-order valence-electron chi connectivity index (χ2n) is 2.87. The maximum absolute atomic E-state index is 10.6. The molecule has 0 aliphatic rings. The summed E-state index contributed by atoms with van der Waals surface area (Å²) in [6, 6.07) is 5.43. The highest BCUT2D eigenvalue weighted by Gasteiger charge is 1.94. The number of hydrogen-bond acceptors (Lipinski definition) is 1. The minimum absolute atomic E-state index is 0.0865. The number of hydrogen-bond donors (Lipinski definition) is 1. The lowest BCUT2D eigenvalue weighted by atomic mass is 10.2. The molecule has 1 N–H and O–H groups in total. The molecular weight excluding hydrogens is 277 g/mol. The number of rotatable bonds is 1. The molecule has 1 amide bonds. The van der Waals surface area contributed by atoms with Gasteiger partial charge in [-0.25, -0.2) is 0 Å². The van der Waals surface area contributed by atoms with Crippen molar-refractivity contribution < 1.29 is 4.79 Å². The van der Waals surface area contributed by atoms with Gasteiger partial charge in [-0.3, -0.25) is 4.79 Å². The van der Waals surface area contributed by atoms with Gasteiger partial charge in [0.1, 0.15) is 0 Å². The molecule has 0 saturated carbocycles. The third-order valence-electron chi connectivity index (χ3n) is 1.52. The lowest BCUT2D eigenvalue weighted by molar-refractivity contribution is -0.118. The van der Waals surface area contributed by atoms with Gasteiger partial charge >= 0.3 is 0 Å². The van der Waals surface area contributed by atoms with Gasteiger partial charge in [0.05, 0.1) is 6.54 Å². The van der Waals surface area contributed by atoms with Gasteiger partial charge in [0.2, 0.25) is 5.91 Å². The van der Waals surface area contributed by atoms with Crippen LogP contribution in [0.15, 0.2) is 22.7 Å². The zero-order valence-electron chi connectivity index (χ0n) is 8.10. The van der Waals surface area contributed by atoms with Gasteiger partial charge in [0.25, 0.3) is 0 Å². The van der Waals surface area contributed by atoms with Gasteiger partial charge < -0.3 is 5.32 Å². The van der Waals surface area contributed by atoms with Gasteiger partial charge in [-0.2, -0.15) is 0 Å². The molecule has 2 nitrogen and oxygen atoms in total. The van der Waals surface area contributed by atoms with Crippen LogP contribution in [-0.2, 0) is 4.79 Å². The molecule has 0 aliphatic heterocycles. The first-order valence-corrected chi connectivity index (χ1v) is 5.44. The fraction of sp³-hybridized carbons (Fsp3) is 0.182. The molecule has 1 aromatic carbocycles. The second kappa shape index (κ2) is 5.79. The number of nitrogens with one attached hydrogen (secondary N) is 1. The monoisotopic (exact) mass is 285 g/mol. The summed E-state index contributed by atoms with van der Waals surface area (Å²) in [5.41, 5.74) is 0.819. The Balaban J connectivity index is 2.67.